The van der Waals surface area contributed by atoms with Gasteiger partial charge < -0.3 is 4.74 Å². The van der Waals surface area contributed by atoms with Gasteiger partial charge in [-0.25, -0.2) is 0 Å². The number of hydrogen-bond donors (Lipinski definition) is 0. The molecule has 38 valence electrons. The summed E-state index contributed by atoms with van der Waals surface area (Å²) in [6, 6.07) is 0. The molecular weight excluding hydrogens is 92.1 g/mol. The topological polar surface area (TPSA) is 26.3 Å². The van der Waals surface area contributed by atoms with Crippen molar-refractivity contribution in [3.63, 3.8) is 0 Å². The fraction of sp³-hybridized carbons (Fsp3) is 0.400. The van der Waals surface area contributed by atoms with Gasteiger partial charge in [0.25, 0.3) is 0 Å². The molecule has 0 spiro atoms. The molecule has 2 heteroatoms. The molecule has 0 rings (SSSR count). The van der Waals surface area contributed by atoms with E-state index in [1.807, 2.05) is 0 Å². The summed E-state index contributed by atoms with van der Waals surface area (Å²) in [4.78, 5) is 10.0. The van der Waals surface area contributed by atoms with Crippen molar-refractivity contribution >= 4 is 5.97 Å². The Bertz CT molecular complexity index is 76.1. The van der Waals surface area contributed by atoms with Gasteiger partial charge in [0, 0.05) is 0 Å². The van der Waals surface area contributed by atoms with Crippen molar-refractivity contribution in [2.24, 2.45) is 0 Å². The minimum Gasteiger partial charge on any atom is -0.422 e. The highest BCUT2D eigenvalue weighted by Crippen LogP contribution is 1.73. The maximum absolute atomic E-state index is 10.0. The van der Waals surface area contributed by atoms with Crippen molar-refractivity contribution in [3.05, 3.63) is 12.7 Å². The minimum atomic E-state index is -0.484. The molecule has 0 saturated heterocycles. The molecule has 0 fully saturated rings. The van der Waals surface area contributed by atoms with Crippen molar-refractivity contribution in [1.29, 1.82) is 0 Å². The zero-order chi connectivity index (χ0) is 5.70. The molecule has 0 radical (unpaired) electrons. The third kappa shape index (κ3) is 2.94. The van der Waals surface area contributed by atoms with Gasteiger partial charge in [0.1, 0.15) is 0 Å². The van der Waals surface area contributed by atoms with Gasteiger partial charge in [0.05, 0.1) is 6.61 Å². The van der Waals surface area contributed by atoms with Crippen LogP contribution in [0.1, 0.15) is 6.92 Å². The lowest BCUT2D eigenvalue weighted by molar-refractivity contribution is -0.137. The van der Waals surface area contributed by atoms with Gasteiger partial charge in [0.2, 0.25) is 0 Å². The monoisotopic (exact) mass is 99.0 g/mol. The second-order valence-corrected chi connectivity index (χ2v) is 0.897. The maximum atomic E-state index is 10.0. The quantitative estimate of drug-likeness (QED) is 0.287. The summed E-state index contributed by atoms with van der Waals surface area (Å²) in [5.74, 6) is -0.484. The predicted molar refractivity (Wildman–Crippen MR) is 25.5 cm³/mol. The van der Waals surface area contributed by atoms with Crippen molar-refractivity contribution in [1.82, 2.24) is 0 Å². The third-order valence-electron chi connectivity index (χ3n) is 0.420. The van der Waals surface area contributed by atoms with Crippen LogP contribution in [0.5, 0.6) is 0 Å². The Hall–Kier alpha value is -0.880. The Labute approximate surface area is 42.8 Å². The molecule has 0 atom stereocenters. The summed E-state index contributed by atoms with van der Waals surface area (Å²) in [7, 11) is 0. The van der Waals surface area contributed by atoms with Gasteiger partial charge in [0.15, 0.2) is 6.58 Å². The van der Waals surface area contributed by atoms with Crippen LogP contribution in [0.25, 0.3) is 0 Å². The van der Waals surface area contributed by atoms with E-state index in [-0.39, 0.29) is 0 Å². The standard InChI is InChI=1S/C5H7O2/c1-3-5(6)7-4-2/h1,4H2,2H3/q+1. The van der Waals surface area contributed by atoms with E-state index in [9.17, 15) is 4.79 Å². The molecule has 0 saturated carbocycles. The zero-order valence-corrected chi connectivity index (χ0v) is 4.23. The molecule has 0 aromatic heterocycles. The molecule has 0 amide bonds. The van der Waals surface area contributed by atoms with Crippen LogP contribution < -0.4 is 0 Å². The average Bonchev–Trinajstić information content (AvgIpc) is 1.68. The van der Waals surface area contributed by atoms with Gasteiger partial charge in [-0.3, -0.25) is 0 Å². The van der Waals surface area contributed by atoms with Gasteiger partial charge in [-0.15, -0.1) is 0 Å². The number of rotatable bonds is 2. The summed E-state index contributed by atoms with van der Waals surface area (Å²) in [5, 5.41) is 0. The van der Waals surface area contributed by atoms with E-state index >= 15 is 0 Å². The van der Waals surface area contributed by atoms with Crippen LogP contribution in [0.3, 0.4) is 0 Å². The second-order valence-electron chi connectivity index (χ2n) is 0.897. The normalized spacial score (nSPS) is 7.00. The molecule has 7 heavy (non-hydrogen) atoms. The summed E-state index contributed by atoms with van der Waals surface area (Å²) < 4.78 is 4.38. The van der Waals surface area contributed by atoms with Crippen LogP contribution in [0.4, 0.5) is 0 Å². The van der Waals surface area contributed by atoms with E-state index in [4.69, 9.17) is 0 Å². The van der Waals surface area contributed by atoms with Crippen molar-refractivity contribution < 1.29 is 9.53 Å². The SMILES string of the molecule is C=[C+]C(=O)OCC. The highest BCUT2D eigenvalue weighted by atomic mass is 16.5. The number of hydrogen-bond acceptors (Lipinski definition) is 2. The number of carbonyl (C=O) groups is 1. The molecule has 0 bridgehead atoms. The zero-order valence-electron chi connectivity index (χ0n) is 4.23. The lowest BCUT2D eigenvalue weighted by Gasteiger charge is -1.81. The first kappa shape index (κ1) is 6.12. The summed E-state index contributed by atoms with van der Waals surface area (Å²) in [6.07, 6.45) is 2.05. The van der Waals surface area contributed by atoms with E-state index in [2.05, 4.69) is 17.4 Å². The fourth-order valence-electron chi connectivity index (χ4n) is 0.182. The highest BCUT2D eigenvalue weighted by Gasteiger charge is 2.06. The van der Waals surface area contributed by atoms with Gasteiger partial charge >= 0.3 is 12.0 Å². The maximum Gasteiger partial charge on any atom is 0.588 e. The Morgan fingerprint density at radius 1 is 2.00 bits per heavy atom. The lowest BCUT2D eigenvalue weighted by Crippen LogP contribution is -1.98. The van der Waals surface area contributed by atoms with Gasteiger partial charge in [-0.1, -0.05) is 0 Å². The van der Waals surface area contributed by atoms with Crippen LogP contribution in [-0.4, -0.2) is 12.6 Å². The van der Waals surface area contributed by atoms with E-state index in [1.54, 1.807) is 6.92 Å². The summed E-state index contributed by atoms with van der Waals surface area (Å²) >= 11 is 0. The first-order chi connectivity index (χ1) is 3.31. The van der Waals surface area contributed by atoms with Crippen LogP contribution >= 0.6 is 0 Å². The third-order valence-corrected chi connectivity index (χ3v) is 0.420. The molecule has 2 nitrogen and oxygen atoms in total. The van der Waals surface area contributed by atoms with Gasteiger partial charge in [-0.2, -0.15) is 4.79 Å². The van der Waals surface area contributed by atoms with Crippen LogP contribution in [0, 0.1) is 6.08 Å². The van der Waals surface area contributed by atoms with Crippen LogP contribution in [-0.2, 0) is 9.53 Å². The first-order valence-electron chi connectivity index (χ1n) is 2.01. The van der Waals surface area contributed by atoms with Crippen LogP contribution in [0.2, 0.25) is 0 Å². The Morgan fingerprint density at radius 3 is 2.71 bits per heavy atom. The molecule has 0 aliphatic carbocycles. The van der Waals surface area contributed by atoms with E-state index in [0.717, 1.165) is 0 Å². The molecule has 0 unspecified atom stereocenters. The van der Waals surface area contributed by atoms with Crippen LogP contribution in [0.15, 0.2) is 6.58 Å². The van der Waals surface area contributed by atoms with E-state index in [0.29, 0.717) is 6.61 Å². The van der Waals surface area contributed by atoms with Crippen molar-refractivity contribution in [3.8, 4) is 0 Å². The highest BCUT2D eigenvalue weighted by molar-refractivity contribution is 5.76. The second kappa shape index (κ2) is 3.32. The average molecular weight is 99.1 g/mol. The van der Waals surface area contributed by atoms with E-state index < -0.39 is 5.97 Å². The molecule has 0 aromatic rings. The van der Waals surface area contributed by atoms with Crippen molar-refractivity contribution in [2.45, 2.75) is 6.92 Å². The minimum absolute atomic E-state index is 0.390. The summed E-state index contributed by atoms with van der Waals surface area (Å²) in [5.41, 5.74) is 0. The molecular formula is C5H7O2+. The number of carbonyl (C=O) groups excluding carboxylic acids is 1. The smallest absolute Gasteiger partial charge is 0.422 e. The fourth-order valence-corrected chi connectivity index (χ4v) is 0.182. The Morgan fingerprint density at radius 2 is 2.57 bits per heavy atom. The first-order valence-corrected chi connectivity index (χ1v) is 2.01. The molecule has 0 N–H and O–H groups in total. The Kier molecular flexibility index (Phi) is 2.90. The molecule has 0 heterocycles. The summed E-state index contributed by atoms with van der Waals surface area (Å²) in [6.45, 7) is 5.20. The van der Waals surface area contributed by atoms with Crippen molar-refractivity contribution in [2.75, 3.05) is 6.61 Å². The van der Waals surface area contributed by atoms with Gasteiger partial charge in [-0.05, 0) is 6.92 Å². The number of ether oxygens (including phenoxy) is 1. The molecule has 0 aliphatic rings. The Balaban J connectivity index is 3.17. The number of esters is 1. The predicted octanol–water partition coefficient (Wildman–Crippen LogP) is 0.539. The van der Waals surface area contributed by atoms with E-state index in [1.165, 1.54) is 0 Å². The molecule has 0 aliphatic heterocycles. The molecule has 0 aromatic carbocycles. The lowest BCUT2D eigenvalue weighted by atomic mass is 10.6. The largest absolute Gasteiger partial charge is 0.588 e.